The fourth-order valence-corrected chi connectivity index (χ4v) is 3.43. The van der Waals surface area contributed by atoms with Gasteiger partial charge in [-0.2, -0.15) is 0 Å². The Morgan fingerprint density at radius 3 is 2.77 bits per heavy atom. The first kappa shape index (κ1) is 18.9. The van der Waals surface area contributed by atoms with Crippen LogP contribution in [0.5, 0.6) is 0 Å². The second-order valence-corrected chi connectivity index (χ2v) is 7.26. The number of carbonyl (C=O) groups excluding carboxylic acids is 1. The van der Waals surface area contributed by atoms with Crippen LogP contribution in [-0.4, -0.2) is 36.9 Å². The Morgan fingerprint density at radius 1 is 1.35 bits per heavy atom. The molecule has 1 fully saturated rings. The third-order valence-electron chi connectivity index (χ3n) is 4.90. The van der Waals surface area contributed by atoms with Gasteiger partial charge in [0.1, 0.15) is 0 Å². The Bertz CT molecular complexity index is 756. The third-order valence-corrected chi connectivity index (χ3v) is 5.14. The Balaban J connectivity index is 1.66. The number of amides is 1. The van der Waals surface area contributed by atoms with Gasteiger partial charge in [0.15, 0.2) is 0 Å². The molecular formula is C19H24ClN3O3. The molecule has 1 saturated heterocycles. The van der Waals surface area contributed by atoms with Crippen LogP contribution in [0.2, 0.25) is 5.02 Å². The summed E-state index contributed by atoms with van der Waals surface area (Å²) in [5.74, 6) is 0.200. The molecule has 1 aliphatic heterocycles. The lowest BCUT2D eigenvalue weighted by Gasteiger charge is -2.38. The van der Waals surface area contributed by atoms with E-state index in [4.69, 9.17) is 20.9 Å². The second kappa shape index (κ2) is 8.20. The SMILES string of the molecule is Cc1cc(NC(=O)[C@H](C)NCC2(c3cccc(Cl)c3)CCOCC2)on1. The number of nitrogens with one attached hydrogen (secondary N) is 2. The van der Waals surface area contributed by atoms with Crippen LogP contribution in [0.25, 0.3) is 0 Å². The number of hydrogen-bond donors (Lipinski definition) is 2. The van der Waals surface area contributed by atoms with E-state index in [1.807, 2.05) is 25.1 Å². The van der Waals surface area contributed by atoms with Crippen molar-refractivity contribution >= 4 is 23.4 Å². The minimum absolute atomic E-state index is 0.0967. The summed E-state index contributed by atoms with van der Waals surface area (Å²) in [6.45, 7) is 5.71. The highest BCUT2D eigenvalue weighted by Crippen LogP contribution is 2.35. The van der Waals surface area contributed by atoms with Gasteiger partial charge in [0.05, 0.1) is 11.7 Å². The van der Waals surface area contributed by atoms with Crippen LogP contribution in [0.15, 0.2) is 34.9 Å². The number of halogens is 1. The van der Waals surface area contributed by atoms with E-state index in [0.29, 0.717) is 25.6 Å². The molecule has 0 radical (unpaired) electrons. The van der Waals surface area contributed by atoms with Crippen molar-refractivity contribution in [3.8, 4) is 0 Å². The summed E-state index contributed by atoms with van der Waals surface area (Å²) in [5, 5.41) is 10.6. The predicted molar refractivity (Wildman–Crippen MR) is 101 cm³/mol. The molecule has 7 heteroatoms. The number of rotatable bonds is 6. The topological polar surface area (TPSA) is 76.4 Å². The van der Waals surface area contributed by atoms with E-state index in [1.165, 1.54) is 5.56 Å². The smallest absolute Gasteiger partial charge is 0.243 e. The Labute approximate surface area is 158 Å². The van der Waals surface area contributed by atoms with Crippen LogP contribution >= 0.6 is 11.6 Å². The zero-order chi connectivity index (χ0) is 18.6. The third kappa shape index (κ3) is 4.44. The number of aromatic nitrogens is 1. The maximum atomic E-state index is 12.4. The monoisotopic (exact) mass is 377 g/mol. The molecular weight excluding hydrogens is 354 g/mol. The second-order valence-electron chi connectivity index (χ2n) is 6.83. The Kier molecular flexibility index (Phi) is 5.96. The van der Waals surface area contributed by atoms with Crippen molar-refractivity contribution < 1.29 is 14.1 Å². The normalized spacial score (nSPS) is 17.7. The van der Waals surface area contributed by atoms with Crippen molar-refractivity contribution in [2.45, 2.75) is 38.1 Å². The minimum atomic E-state index is -0.376. The Hall–Kier alpha value is -1.89. The lowest BCUT2D eigenvalue weighted by atomic mass is 9.74. The predicted octanol–water partition coefficient (Wildman–Crippen LogP) is 3.30. The van der Waals surface area contributed by atoms with E-state index in [0.717, 1.165) is 23.6 Å². The molecule has 2 N–H and O–H groups in total. The lowest BCUT2D eigenvalue weighted by Crippen LogP contribution is -2.48. The molecule has 2 heterocycles. The van der Waals surface area contributed by atoms with Crippen LogP contribution in [0.4, 0.5) is 5.88 Å². The molecule has 0 bridgehead atoms. The molecule has 0 aliphatic carbocycles. The molecule has 0 spiro atoms. The van der Waals surface area contributed by atoms with Crippen molar-refractivity contribution in [3.63, 3.8) is 0 Å². The largest absolute Gasteiger partial charge is 0.381 e. The van der Waals surface area contributed by atoms with E-state index >= 15 is 0 Å². The maximum absolute atomic E-state index is 12.4. The molecule has 0 saturated carbocycles. The van der Waals surface area contributed by atoms with Crippen molar-refractivity contribution in [1.29, 1.82) is 0 Å². The van der Waals surface area contributed by atoms with Crippen LogP contribution in [0, 0.1) is 6.92 Å². The van der Waals surface area contributed by atoms with Gasteiger partial charge in [-0.3, -0.25) is 10.1 Å². The van der Waals surface area contributed by atoms with Crippen molar-refractivity contribution in [2.24, 2.45) is 0 Å². The van der Waals surface area contributed by atoms with Gasteiger partial charge < -0.3 is 14.6 Å². The van der Waals surface area contributed by atoms with Gasteiger partial charge in [-0.1, -0.05) is 28.9 Å². The van der Waals surface area contributed by atoms with Crippen molar-refractivity contribution in [2.75, 3.05) is 25.1 Å². The zero-order valence-electron chi connectivity index (χ0n) is 15.0. The fourth-order valence-electron chi connectivity index (χ4n) is 3.24. The van der Waals surface area contributed by atoms with E-state index in [1.54, 1.807) is 13.0 Å². The number of hydrogen-bond acceptors (Lipinski definition) is 5. The standard InChI is InChI=1S/C19H24ClN3O3/c1-13-10-17(26-23-13)22-18(24)14(2)21-12-19(6-8-25-9-7-19)15-4-3-5-16(20)11-15/h3-5,10-11,14,21H,6-9,12H2,1-2H3,(H,22,24)/t14-/m0/s1. The van der Waals surface area contributed by atoms with E-state index in [2.05, 4.69) is 21.9 Å². The minimum Gasteiger partial charge on any atom is -0.381 e. The highest BCUT2D eigenvalue weighted by Gasteiger charge is 2.35. The van der Waals surface area contributed by atoms with Crippen LogP contribution in [-0.2, 0) is 14.9 Å². The van der Waals surface area contributed by atoms with Crippen LogP contribution in [0.3, 0.4) is 0 Å². The van der Waals surface area contributed by atoms with Crippen LogP contribution in [0.1, 0.15) is 31.0 Å². The lowest BCUT2D eigenvalue weighted by molar-refractivity contribution is -0.118. The average Bonchev–Trinajstić information content (AvgIpc) is 3.05. The molecule has 2 aromatic rings. The number of benzene rings is 1. The molecule has 1 aromatic carbocycles. The molecule has 1 amide bonds. The first-order valence-electron chi connectivity index (χ1n) is 8.80. The van der Waals surface area contributed by atoms with Gasteiger partial charge in [0, 0.05) is 36.3 Å². The first-order valence-corrected chi connectivity index (χ1v) is 9.18. The van der Waals surface area contributed by atoms with Gasteiger partial charge in [-0.25, -0.2) is 0 Å². The number of carbonyl (C=O) groups is 1. The summed E-state index contributed by atoms with van der Waals surface area (Å²) >= 11 is 6.20. The molecule has 140 valence electrons. The highest BCUT2D eigenvalue weighted by atomic mass is 35.5. The Morgan fingerprint density at radius 2 is 2.12 bits per heavy atom. The molecule has 1 aromatic heterocycles. The first-order chi connectivity index (χ1) is 12.5. The molecule has 3 rings (SSSR count). The molecule has 1 aliphatic rings. The van der Waals surface area contributed by atoms with Gasteiger partial charge >= 0.3 is 0 Å². The summed E-state index contributed by atoms with van der Waals surface area (Å²) in [5.41, 5.74) is 1.81. The van der Waals surface area contributed by atoms with Crippen molar-refractivity contribution in [1.82, 2.24) is 10.5 Å². The van der Waals surface area contributed by atoms with Gasteiger partial charge in [-0.05, 0) is 44.4 Å². The number of nitrogens with zero attached hydrogens (tertiary/aromatic N) is 1. The van der Waals surface area contributed by atoms with E-state index in [-0.39, 0.29) is 17.4 Å². The molecule has 0 unspecified atom stereocenters. The zero-order valence-corrected chi connectivity index (χ0v) is 15.8. The summed E-state index contributed by atoms with van der Waals surface area (Å²) in [4.78, 5) is 12.4. The molecule has 1 atom stereocenters. The quantitative estimate of drug-likeness (QED) is 0.807. The van der Waals surface area contributed by atoms with E-state index < -0.39 is 0 Å². The molecule has 6 nitrogen and oxygen atoms in total. The summed E-state index contributed by atoms with van der Waals surface area (Å²) in [6.07, 6.45) is 1.77. The van der Waals surface area contributed by atoms with Gasteiger partial charge in [-0.15, -0.1) is 0 Å². The average molecular weight is 378 g/mol. The highest BCUT2D eigenvalue weighted by molar-refractivity contribution is 6.30. The van der Waals surface area contributed by atoms with Gasteiger partial charge in [0.2, 0.25) is 11.8 Å². The summed E-state index contributed by atoms with van der Waals surface area (Å²) in [7, 11) is 0. The summed E-state index contributed by atoms with van der Waals surface area (Å²) in [6, 6.07) is 9.27. The van der Waals surface area contributed by atoms with Crippen LogP contribution < -0.4 is 10.6 Å². The maximum Gasteiger partial charge on any atom is 0.243 e. The molecule has 26 heavy (non-hydrogen) atoms. The number of aryl methyl sites for hydroxylation is 1. The number of anilines is 1. The van der Waals surface area contributed by atoms with E-state index in [9.17, 15) is 4.79 Å². The van der Waals surface area contributed by atoms with Crippen molar-refractivity contribution in [3.05, 3.63) is 46.6 Å². The number of ether oxygens (including phenoxy) is 1. The summed E-state index contributed by atoms with van der Waals surface area (Å²) < 4.78 is 10.6. The fraction of sp³-hybridized carbons (Fsp3) is 0.474. The van der Waals surface area contributed by atoms with Gasteiger partial charge in [0.25, 0.3) is 0 Å².